The minimum Gasteiger partial charge on any atom is -0.375 e. The fraction of sp³-hybridized carbons (Fsp3) is 0.182. The van der Waals surface area contributed by atoms with Crippen LogP contribution in [0.15, 0.2) is 18.2 Å². The van der Waals surface area contributed by atoms with E-state index in [2.05, 4.69) is 16.0 Å². The molecule has 0 bridgehead atoms. The van der Waals surface area contributed by atoms with E-state index in [1.165, 1.54) is 25.2 Å². The van der Waals surface area contributed by atoms with Gasteiger partial charge >= 0.3 is 6.03 Å². The Balaban J connectivity index is 2.72. The van der Waals surface area contributed by atoms with Gasteiger partial charge in [-0.15, -0.1) is 0 Å². The first-order valence-corrected chi connectivity index (χ1v) is 5.66. The zero-order chi connectivity index (χ0) is 14.4. The first kappa shape index (κ1) is 14.8. The van der Waals surface area contributed by atoms with Gasteiger partial charge in [-0.2, -0.15) is 0 Å². The van der Waals surface area contributed by atoms with Crippen molar-refractivity contribution in [1.29, 1.82) is 0 Å². The normalized spacial score (nSPS) is 9.58. The molecule has 7 nitrogen and oxygen atoms in total. The molecule has 8 heteroatoms. The molecule has 19 heavy (non-hydrogen) atoms. The van der Waals surface area contributed by atoms with E-state index in [0.29, 0.717) is 10.7 Å². The summed E-state index contributed by atoms with van der Waals surface area (Å²) in [7, 11) is 1.39. The van der Waals surface area contributed by atoms with Gasteiger partial charge in [-0.3, -0.25) is 14.9 Å². The molecule has 1 aromatic carbocycles. The molecule has 0 atom stereocenters. The Morgan fingerprint density at radius 1 is 1.32 bits per heavy atom. The predicted molar refractivity (Wildman–Crippen MR) is 71.1 cm³/mol. The van der Waals surface area contributed by atoms with Crippen molar-refractivity contribution in [3.63, 3.8) is 0 Å². The van der Waals surface area contributed by atoms with E-state index in [1.807, 2.05) is 0 Å². The molecule has 0 spiro atoms. The number of carbonyl (C=O) groups excluding carboxylic acids is 3. The quantitative estimate of drug-likeness (QED) is 0.637. The highest BCUT2D eigenvalue weighted by atomic mass is 35.5. The average molecular weight is 285 g/mol. The molecule has 102 valence electrons. The van der Waals surface area contributed by atoms with Crippen molar-refractivity contribution in [2.75, 3.05) is 18.9 Å². The Hall–Kier alpha value is -2.28. The van der Waals surface area contributed by atoms with Gasteiger partial charge in [0.15, 0.2) is 0 Å². The lowest BCUT2D eigenvalue weighted by molar-refractivity contribution is -0.118. The second-order valence-corrected chi connectivity index (χ2v) is 3.97. The number of amides is 4. The maximum absolute atomic E-state index is 11.4. The van der Waals surface area contributed by atoms with Crippen LogP contribution in [0.1, 0.15) is 10.4 Å². The van der Waals surface area contributed by atoms with Crippen LogP contribution in [0.3, 0.4) is 0 Å². The Morgan fingerprint density at radius 2 is 2.00 bits per heavy atom. The van der Waals surface area contributed by atoms with Crippen LogP contribution in [0.25, 0.3) is 0 Å². The summed E-state index contributed by atoms with van der Waals surface area (Å²) >= 11 is 5.79. The minimum atomic E-state index is -0.647. The van der Waals surface area contributed by atoms with Gasteiger partial charge in [0.2, 0.25) is 5.91 Å². The van der Waals surface area contributed by atoms with Gasteiger partial charge in [0.1, 0.15) is 0 Å². The fourth-order valence-electron chi connectivity index (χ4n) is 1.29. The van der Waals surface area contributed by atoms with Gasteiger partial charge in [0.25, 0.3) is 5.91 Å². The molecule has 5 N–H and O–H groups in total. The molecule has 0 saturated carbocycles. The Morgan fingerprint density at radius 3 is 2.58 bits per heavy atom. The number of nitrogens with one attached hydrogen (secondary N) is 3. The summed E-state index contributed by atoms with van der Waals surface area (Å²) in [6.07, 6.45) is 0. The zero-order valence-corrected chi connectivity index (χ0v) is 10.9. The van der Waals surface area contributed by atoms with E-state index in [-0.39, 0.29) is 12.1 Å². The number of benzene rings is 1. The van der Waals surface area contributed by atoms with Crippen LogP contribution in [0, 0.1) is 0 Å². The van der Waals surface area contributed by atoms with E-state index in [4.69, 9.17) is 17.3 Å². The van der Waals surface area contributed by atoms with E-state index in [0.717, 1.165) is 0 Å². The van der Waals surface area contributed by atoms with Crippen LogP contribution in [0.2, 0.25) is 5.02 Å². The lowest BCUT2D eigenvalue weighted by Crippen LogP contribution is -2.40. The predicted octanol–water partition coefficient (Wildman–Crippen LogP) is 0.306. The summed E-state index contributed by atoms with van der Waals surface area (Å²) in [6.45, 7) is -0.200. The first-order chi connectivity index (χ1) is 8.93. The minimum absolute atomic E-state index is 0.200. The molecule has 1 aromatic rings. The summed E-state index contributed by atoms with van der Waals surface area (Å²) in [4.78, 5) is 33.4. The van der Waals surface area contributed by atoms with Crippen molar-refractivity contribution in [2.24, 2.45) is 5.73 Å². The van der Waals surface area contributed by atoms with E-state index in [1.54, 1.807) is 0 Å². The number of anilines is 1. The molecular formula is C11H13ClN4O3. The molecular weight excluding hydrogens is 272 g/mol. The van der Waals surface area contributed by atoms with Crippen molar-refractivity contribution in [3.8, 4) is 0 Å². The topological polar surface area (TPSA) is 113 Å². The number of primary amides is 1. The van der Waals surface area contributed by atoms with Gasteiger partial charge < -0.3 is 16.4 Å². The van der Waals surface area contributed by atoms with Crippen LogP contribution in [0.4, 0.5) is 10.5 Å². The zero-order valence-electron chi connectivity index (χ0n) is 10.1. The molecule has 0 unspecified atom stereocenters. The molecule has 0 heterocycles. The number of urea groups is 1. The summed E-state index contributed by atoms with van der Waals surface area (Å²) in [6, 6.07) is 3.81. The number of rotatable bonds is 4. The van der Waals surface area contributed by atoms with Crippen molar-refractivity contribution < 1.29 is 14.4 Å². The average Bonchev–Trinajstić information content (AvgIpc) is 2.35. The number of hydrogen-bond acceptors (Lipinski definition) is 4. The van der Waals surface area contributed by atoms with Gasteiger partial charge in [-0.1, -0.05) is 11.6 Å². The van der Waals surface area contributed by atoms with Crippen molar-refractivity contribution in [2.45, 2.75) is 0 Å². The maximum atomic E-state index is 11.4. The summed E-state index contributed by atoms with van der Waals surface area (Å²) in [5.74, 6) is -1.21. The molecule has 1 rings (SSSR count). The van der Waals surface area contributed by atoms with Crippen LogP contribution in [0.5, 0.6) is 0 Å². The molecule has 0 radical (unpaired) electrons. The number of nitrogens with two attached hydrogens (primary N) is 1. The first-order valence-electron chi connectivity index (χ1n) is 5.29. The molecule has 0 saturated heterocycles. The van der Waals surface area contributed by atoms with Gasteiger partial charge in [0.05, 0.1) is 12.1 Å². The van der Waals surface area contributed by atoms with Crippen LogP contribution in [-0.2, 0) is 4.79 Å². The maximum Gasteiger partial charge on any atom is 0.321 e. The molecule has 0 aliphatic heterocycles. The Kier molecular flexibility index (Phi) is 5.13. The number of hydrogen-bond donors (Lipinski definition) is 4. The number of carbonyl (C=O) groups is 3. The lowest BCUT2D eigenvalue weighted by Gasteiger charge is -2.10. The third-order valence-corrected chi connectivity index (χ3v) is 2.40. The molecule has 0 fully saturated rings. The molecule has 0 aliphatic carbocycles. The highest BCUT2D eigenvalue weighted by molar-refractivity contribution is 6.31. The summed E-state index contributed by atoms with van der Waals surface area (Å²) in [5, 5.41) is 7.38. The largest absolute Gasteiger partial charge is 0.375 e. The van der Waals surface area contributed by atoms with Crippen LogP contribution < -0.4 is 21.7 Å². The monoisotopic (exact) mass is 284 g/mol. The van der Waals surface area contributed by atoms with E-state index in [9.17, 15) is 14.4 Å². The molecule has 0 aliphatic rings. The number of halogens is 1. The highest BCUT2D eigenvalue weighted by Crippen LogP contribution is 2.20. The van der Waals surface area contributed by atoms with Gasteiger partial charge in [0, 0.05) is 17.8 Å². The number of imide groups is 1. The third-order valence-electron chi connectivity index (χ3n) is 2.17. The summed E-state index contributed by atoms with van der Waals surface area (Å²) in [5.41, 5.74) is 5.72. The lowest BCUT2D eigenvalue weighted by atomic mass is 10.1. The second-order valence-electron chi connectivity index (χ2n) is 3.54. The van der Waals surface area contributed by atoms with Crippen LogP contribution >= 0.6 is 11.6 Å². The Labute approximate surface area is 114 Å². The van der Waals surface area contributed by atoms with Gasteiger partial charge in [-0.05, 0) is 18.2 Å². The van der Waals surface area contributed by atoms with Crippen molar-refractivity contribution in [1.82, 2.24) is 10.6 Å². The molecule has 0 aromatic heterocycles. The summed E-state index contributed by atoms with van der Waals surface area (Å²) < 4.78 is 0. The van der Waals surface area contributed by atoms with Gasteiger partial charge in [-0.25, -0.2) is 4.79 Å². The third kappa shape index (κ3) is 4.47. The smallest absolute Gasteiger partial charge is 0.321 e. The van der Waals surface area contributed by atoms with E-state index < -0.39 is 17.8 Å². The van der Waals surface area contributed by atoms with E-state index >= 15 is 0 Å². The standard InChI is InChI=1S/C11H13ClN4O3/c1-14-11(19)16-9(17)5-15-8-4-6(12)2-3-7(8)10(13)18/h2-4,15H,5H2,1H3,(H2,13,18)(H2,14,16,17,19). The van der Waals surface area contributed by atoms with Crippen LogP contribution in [-0.4, -0.2) is 31.4 Å². The fourth-order valence-corrected chi connectivity index (χ4v) is 1.46. The second kappa shape index (κ2) is 6.60. The van der Waals surface area contributed by atoms with Crippen molar-refractivity contribution >= 4 is 35.1 Å². The van der Waals surface area contributed by atoms with Crippen molar-refractivity contribution in [3.05, 3.63) is 28.8 Å². The SMILES string of the molecule is CNC(=O)NC(=O)CNc1cc(Cl)ccc1C(N)=O. The Bertz CT molecular complexity index is 519. The molecule has 4 amide bonds. The highest BCUT2D eigenvalue weighted by Gasteiger charge is 2.11.